The van der Waals surface area contributed by atoms with Crippen molar-refractivity contribution in [3.05, 3.63) is 54.1 Å². The van der Waals surface area contributed by atoms with E-state index in [-0.39, 0.29) is 11.8 Å². The Morgan fingerprint density at radius 1 is 1.11 bits per heavy atom. The van der Waals surface area contributed by atoms with E-state index in [0.717, 1.165) is 27.8 Å². The first-order valence-electron chi connectivity index (χ1n) is 12.0. The number of morpholine rings is 1. The molecule has 5 rings (SSSR count). The molecule has 0 radical (unpaired) electrons. The highest BCUT2D eigenvalue weighted by molar-refractivity contribution is 8.00. The number of halogens is 2. The molecule has 1 saturated heterocycles. The van der Waals surface area contributed by atoms with Crippen molar-refractivity contribution >= 4 is 40.3 Å². The standard InChI is InChI=1S/C26H27F2N7OS/c1-16-12-17(19-4-2-5-21(22(19)28)34-37-11-3-6-27)13-20-23(16)32-24(18-14-30-26(29)31-15-18)33-25(20)35-7-9-36-10-8-35/h2,4-5,12-15,34H,3,6-11H2,1H3,(H2,29,30,31). The van der Waals surface area contributed by atoms with Gasteiger partial charge in [0.15, 0.2) is 11.6 Å². The van der Waals surface area contributed by atoms with Gasteiger partial charge in [-0.15, -0.1) is 0 Å². The van der Waals surface area contributed by atoms with Crippen LogP contribution in [0.15, 0.2) is 42.7 Å². The SMILES string of the molecule is Cc1cc(-c2cccc(NSCCCF)c2F)cc2c(N3CCOCC3)nc(-c3cnc(N)nc3)nc12. The molecule has 2 aromatic heterocycles. The number of benzene rings is 2. The van der Waals surface area contributed by atoms with Crippen LogP contribution in [0.5, 0.6) is 0 Å². The van der Waals surface area contributed by atoms with Crippen LogP contribution < -0.4 is 15.4 Å². The molecule has 8 nitrogen and oxygen atoms in total. The van der Waals surface area contributed by atoms with Crippen molar-refractivity contribution in [3.8, 4) is 22.5 Å². The predicted molar refractivity (Wildman–Crippen MR) is 145 cm³/mol. The van der Waals surface area contributed by atoms with E-state index in [4.69, 9.17) is 20.4 Å². The fourth-order valence-corrected chi connectivity index (χ4v) is 4.90. The first-order valence-corrected chi connectivity index (χ1v) is 13.0. The molecule has 1 fully saturated rings. The molecule has 1 aliphatic rings. The van der Waals surface area contributed by atoms with E-state index in [9.17, 15) is 4.39 Å². The molecule has 0 saturated carbocycles. The smallest absolute Gasteiger partial charge is 0.219 e. The number of hydrogen-bond donors (Lipinski definition) is 2. The summed E-state index contributed by atoms with van der Waals surface area (Å²) in [5.74, 6) is 1.61. The molecular formula is C26H27F2N7OS. The Bertz CT molecular complexity index is 1400. The summed E-state index contributed by atoms with van der Waals surface area (Å²) in [6.45, 7) is 4.10. The lowest BCUT2D eigenvalue weighted by atomic mass is 9.99. The number of hydrogen-bond acceptors (Lipinski definition) is 9. The number of nitrogens with one attached hydrogen (secondary N) is 1. The van der Waals surface area contributed by atoms with Crippen LogP contribution in [0.4, 0.5) is 26.2 Å². The molecule has 0 spiro atoms. The van der Waals surface area contributed by atoms with E-state index in [2.05, 4.69) is 19.6 Å². The summed E-state index contributed by atoms with van der Waals surface area (Å²) in [6, 6.07) is 9.11. The van der Waals surface area contributed by atoms with Crippen molar-refractivity contribution < 1.29 is 13.5 Å². The molecule has 0 unspecified atom stereocenters. The lowest BCUT2D eigenvalue weighted by Crippen LogP contribution is -2.37. The van der Waals surface area contributed by atoms with Crippen LogP contribution in [-0.2, 0) is 4.74 Å². The number of fused-ring (bicyclic) bond motifs is 1. The van der Waals surface area contributed by atoms with Crippen molar-refractivity contribution in [2.24, 2.45) is 0 Å². The molecule has 11 heteroatoms. The normalized spacial score (nSPS) is 13.8. The van der Waals surface area contributed by atoms with E-state index >= 15 is 4.39 Å². The predicted octanol–water partition coefficient (Wildman–Crippen LogP) is 5.04. The average molecular weight is 524 g/mol. The molecule has 0 aliphatic carbocycles. The molecule has 4 aromatic rings. The minimum atomic E-state index is -0.395. The Balaban J connectivity index is 1.61. The quantitative estimate of drug-likeness (QED) is 0.243. The van der Waals surface area contributed by atoms with Crippen molar-refractivity contribution in [1.29, 1.82) is 0 Å². The summed E-state index contributed by atoms with van der Waals surface area (Å²) in [4.78, 5) is 20.1. The van der Waals surface area contributed by atoms with Crippen LogP contribution in [0, 0.1) is 12.7 Å². The maximum Gasteiger partial charge on any atom is 0.219 e. The van der Waals surface area contributed by atoms with Gasteiger partial charge in [-0.25, -0.2) is 24.3 Å². The minimum absolute atomic E-state index is 0.179. The van der Waals surface area contributed by atoms with Crippen LogP contribution in [0.1, 0.15) is 12.0 Å². The van der Waals surface area contributed by atoms with Gasteiger partial charge in [0.1, 0.15) is 5.82 Å². The van der Waals surface area contributed by atoms with E-state index < -0.39 is 6.67 Å². The van der Waals surface area contributed by atoms with Gasteiger partial charge >= 0.3 is 0 Å². The maximum atomic E-state index is 15.5. The molecule has 2 aromatic carbocycles. The number of ether oxygens (including phenoxy) is 1. The molecule has 192 valence electrons. The van der Waals surface area contributed by atoms with Crippen LogP contribution in [0.25, 0.3) is 33.4 Å². The van der Waals surface area contributed by atoms with E-state index in [0.29, 0.717) is 61.1 Å². The number of aryl methyl sites for hydroxylation is 1. The third-order valence-electron chi connectivity index (χ3n) is 6.08. The molecule has 3 heterocycles. The van der Waals surface area contributed by atoms with Gasteiger partial charge in [0.2, 0.25) is 5.95 Å². The van der Waals surface area contributed by atoms with Crippen LogP contribution in [-0.4, -0.2) is 58.7 Å². The van der Waals surface area contributed by atoms with E-state index in [1.807, 2.05) is 19.1 Å². The monoisotopic (exact) mass is 523 g/mol. The summed E-state index contributed by atoms with van der Waals surface area (Å²) in [7, 11) is 0. The fourth-order valence-electron chi connectivity index (χ4n) is 4.23. The van der Waals surface area contributed by atoms with Gasteiger partial charge in [-0.05, 0) is 42.7 Å². The van der Waals surface area contributed by atoms with Gasteiger partial charge in [-0.1, -0.05) is 24.1 Å². The summed E-state index contributed by atoms with van der Waals surface area (Å²) in [6.07, 6.45) is 3.63. The molecule has 0 atom stereocenters. The van der Waals surface area contributed by atoms with E-state index in [1.54, 1.807) is 30.6 Å². The van der Waals surface area contributed by atoms with Gasteiger partial charge < -0.3 is 20.1 Å². The van der Waals surface area contributed by atoms with Crippen molar-refractivity contribution in [3.63, 3.8) is 0 Å². The zero-order valence-electron chi connectivity index (χ0n) is 20.4. The minimum Gasteiger partial charge on any atom is -0.378 e. The van der Waals surface area contributed by atoms with Crippen molar-refractivity contribution in [1.82, 2.24) is 19.9 Å². The van der Waals surface area contributed by atoms with Crippen molar-refractivity contribution in [2.75, 3.05) is 54.1 Å². The molecule has 0 bridgehead atoms. The number of nitrogens with zero attached hydrogens (tertiary/aromatic N) is 5. The molecular weight excluding hydrogens is 496 g/mol. The van der Waals surface area contributed by atoms with Crippen LogP contribution in [0.3, 0.4) is 0 Å². The Labute approximate surface area is 217 Å². The van der Waals surface area contributed by atoms with Gasteiger partial charge in [-0.2, -0.15) is 0 Å². The lowest BCUT2D eigenvalue weighted by molar-refractivity contribution is 0.122. The number of anilines is 3. The van der Waals surface area contributed by atoms with Gasteiger partial charge in [0.25, 0.3) is 0 Å². The van der Waals surface area contributed by atoms with Crippen LogP contribution in [0.2, 0.25) is 0 Å². The highest BCUT2D eigenvalue weighted by atomic mass is 32.2. The fraction of sp³-hybridized carbons (Fsp3) is 0.308. The average Bonchev–Trinajstić information content (AvgIpc) is 2.92. The highest BCUT2D eigenvalue weighted by Crippen LogP contribution is 2.36. The summed E-state index contributed by atoms with van der Waals surface area (Å²) >= 11 is 1.29. The number of alkyl halides is 1. The second-order valence-electron chi connectivity index (χ2n) is 8.65. The number of nitrogen functional groups attached to an aromatic ring is 1. The number of rotatable bonds is 8. The Kier molecular flexibility index (Phi) is 7.61. The van der Waals surface area contributed by atoms with Gasteiger partial charge in [-0.3, -0.25) is 4.39 Å². The number of nitrogens with two attached hydrogens (primary N) is 1. The maximum absolute atomic E-state index is 15.5. The molecule has 37 heavy (non-hydrogen) atoms. The van der Waals surface area contributed by atoms with Gasteiger partial charge in [0, 0.05) is 42.2 Å². The van der Waals surface area contributed by atoms with Crippen LogP contribution >= 0.6 is 11.9 Å². The first kappa shape index (κ1) is 25.1. The van der Waals surface area contributed by atoms with Gasteiger partial charge in [0.05, 0.1) is 36.7 Å². The first-order chi connectivity index (χ1) is 18.0. The zero-order valence-corrected chi connectivity index (χ0v) is 21.2. The Morgan fingerprint density at radius 2 is 1.89 bits per heavy atom. The zero-order chi connectivity index (χ0) is 25.8. The third-order valence-corrected chi connectivity index (χ3v) is 6.94. The molecule has 3 N–H and O–H groups in total. The lowest BCUT2D eigenvalue weighted by Gasteiger charge is -2.29. The summed E-state index contributed by atoms with van der Waals surface area (Å²) in [5, 5.41) is 0.826. The Morgan fingerprint density at radius 3 is 2.65 bits per heavy atom. The molecule has 0 amide bonds. The number of aromatic nitrogens is 4. The highest BCUT2D eigenvalue weighted by Gasteiger charge is 2.21. The van der Waals surface area contributed by atoms with E-state index in [1.165, 1.54) is 11.9 Å². The Hall–Kier alpha value is -3.57. The summed E-state index contributed by atoms with van der Waals surface area (Å²) < 4.78 is 36.5. The topological polar surface area (TPSA) is 102 Å². The largest absolute Gasteiger partial charge is 0.378 e. The molecule has 1 aliphatic heterocycles. The summed E-state index contributed by atoms with van der Waals surface area (Å²) in [5.41, 5.74) is 9.52. The second kappa shape index (κ2) is 11.2. The second-order valence-corrected chi connectivity index (χ2v) is 9.55. The van der Waals surface area contributed by atoms with Crippen molar-refractivity contribution in [2.45, 2.75) is 13.3 Å². The third kappa shape index (κ3) is 5.42.